The molecule has 0 fully saturated rings. The van der Waals surface area contributed by atoms with Gasteiger partial charge in [0.25, 0.3) is 5.91 Å². The topological polar surface area (TPSA) is 70.6 Å². The molecule has 5 heteroatoms. The molecule has 3 N–H and O–H groups in total. The number of hydrogen-bond acceptors (Lipinski definition) is 4. The standard InChI is InChI=1S/C16H18N2O3/c1-17-10-11-4-3-5-12(8-11)18-16(20)14-9-13(21-2)6-7-15(14)19/h3-9,17,19H,10H2,1-2H3,(H,18,20). The first kappa shape index (κ1) is 14.9. The predicted octanol–water partition coefficient (Wildman–Crippen LogP) is 2.37. The number of rotatable bonds is 5. The normalized spacial score (nSPS) is 10.2. The minimum Gasteiger partial charge on any atom is -0.507 e. The van der Waals surface area contributed by atoms with Crippen LogP contribution in [0.25, 0.3) is 0 Å². The van der Waals surface area contributed by atoms with Crippen molar-refractivity contribution in [3.8, 4) is 11.5 Å². The fourth-order valence-corrected chi connectivity index (χ4v) is 1.99. The summed E-state index contributed by atoms with van der Waals surface area (Å²) in [4.78, 5) is 12.2. The van der Waals surface area contributed by atoms with E-state index in [-0.39, 0.29) is 17.2 Å². The van der Waals surface area contributed by atoms with E-state index in [1.165, 1.54) is 19.2 Å². The van der Waals surface area contributed by atoms with Gasteiger partial charge in [-0.25, -0.2) is 0 Å². The highest BCUT2D eigenvalue weighted by molar-refractivity contribution is 6.06. The van der Waals surface area contributed by atoms with Crippen LogP contribution in [0.5, 0.6) is 11.5 Å². The minimum atomic E-state index is -0.381. The van der Waals surface area contributed by atoms with E-state index in [1.807, 2.05) is 25.2 Å². The quantitative estimate of drug-likeness (QED) is 0.789. The third-order valence-electron chi connectivity index (χ3n) is 3.01. The molecule has 5 nitrogen and oxygen atoms in total. The fraction of sp³-hybridized carbons (Fsp3) is 0.188. The molecule has 21 heavy (non-hydrogen) atoms. The summed E-state index contributed by atoms with van der Waals surface area (Å²) >= 11 is 0. The first-order chi connectivity index (χ1) is 10.1. The molecule has 0 aliphatic carbocycles. The van der Waals surface area contributed by atoms with Gasteiger partial charge in [0.15, 0.2) is 0 Å². The van der Waals surface area contributed by atoms with Gasteiger partial charge in [-0.3, -0.25) is 4.79 Å². The van der Waals surface area contributed by atoms with Crippen molar-refractivity contribution in [2.24, 2.45) is 0 Å². The second-order valence-electron chi connectivity index (χ2n) is 4.57. The van der Waals surface area contributed by atoms with Crippen LogP contribution in [-0.4, -0.2) is 25.2 Å². The second kappa shape index (κ2) is 6.76. The molecule has 0 spiro atoms. The summed E-state index contributed by atoms with van der Waals surface area (Å²) < 4.78 is 5.06. The zero-order chi connectivity index (χ0) is 15.2. The SMILES string of the molecule is CNCc1cccc(NC(=O)c2cc(OC)ccc2O)c1. The van der Waals surface area contributed by atoms with Crippen molar-refractivity contribution < 1.29 is 14.6 Å². The van der Waals surface area contributed by atoms with E-state index in [9.17, 15) is 9.90 Å². The van der Waals surface area contributed by atoms with Crippen LogP contribution in [0.15, 0.2) is 42.5 Å². The maximum absolute atomic E-state index is 12.2. The molecule has 0 unspecified atom stereocenters. The summed E-state index contributed by atoms with van der Waals surface area (Å²) in [6, 6.07) is 12.1. The third-order valence-corrected chi connectivity index (χ3v) is 3.01. The van der Waals surface area contributed by atoms with Crippen molar-refractivity contribution in [1.29, 1.82) is 0 Å². The van der Waals surface area contributed by atoms with Crippen LogP contribution in [0.3, 0.4) is 0 Å². The smallest absolute Gasteiger partial charge is 0.259 e. The predicted molar refractivity (Wildman–Crippen MR) is 81.8 cm³/mol. The number of methoxy groups -OCH3 is 1. The van der Waals surface area contributed by atoms with E-state index < -0.39 is 0 Å². The zero-order valence-corrected chi connectivity index (χ0v) is 12.0. The number of carbonyl (C=O) groups excluding carboxylic acids is 1. The highest BCUT2D eigenvalue weighted by Gasteiger charge is 2.12. The molecular weight excluding hydrogens is 268 g/mol. The number of anilines is 1. The summed E-state index contributed by atoms with van der Waals surface area (Å²) in [6.07, 6.45) is 0. The highest BCUT2D eigenvalue weighted by Crippen LogP contribution is 2.24. The van der Waals surface area contributed by atoms with Crippen molar-refractivity contribution in [2.45, 2.75) is 6.54 Å². The van der Waals surface area contributed by atoms with E-state index >= 15 is 0 Å². The summed E-state index contributed by atoms with van der Waals surface area (Å²) in [5.74, 6) is 0.0505. The Balaban J connectivity index is 2.19. The highest BCUT2D eigenvalue weighted by atomic mass is 16.5. The number of benzene rings is 2. The van der Waals surface area contributed by atoms with E-state index in [0.29, 0.717) is 18.0 Å². The van der Waals surface area contributed by atoms with Gasteiger partial charge in [0.05, 0.1) is 12.7 Å². The Labute approximate surface area is 123 Å². The first-order valence-electron chi connectivity index (χ1n) is 6.56. The maximum atomic E-state index is 12.2. The van der Waals surface area contributed by atoms with Crippen LogP contribution in [0.2, 0.25) is 0 Å². The Bertz CT molecular complexity index is 641. The van der Waals surface area contributed by atoms with E-state index in [4.69, 9.17) is 4.74 Å². The molecule has 0 saturated carbocycles. The molecule has 2 rings (SSSR count). The Hall–Kier alpha value is -2.53. The number of ether oxygens (including phenoxy) is 1. The van der Waals surface area contributed by atoms with Crippen LogP contribution in [-0.2, 0) is 6.54 Å². The van der Waals surface area contributed by atoms with Gasteiger partial charge >= 0.3 is 0 Å². The molecule has 1 amide bonds. The Morgan fingerprint density at radius 2 is 2.05 bits per heavy atom. The average molecular weight is 286 g/mol. The largest absolute Gasteiger partial charge is 0.507 e. The lowest BCUT2D eigenvalue weighted by molar-refractivity contribution is 0.102. The molecule has 0 aliphatic rings. The lowest BCUT2D eigenvalue weighted by atomic mass is 10.1. The molecule has 110 valence electrons. The molecule has 0 bridgehead atoms. The zero-order valence-electron chi connectivity index (χ0n) is 12.0. The van der Waals surface area contributed by atoms with Gasteiger partial charge in [-0.05, 0) is 42.9 Å². The average Bonchev–Trinajstić information content (AvgIpc) is 2.48. The lowest BCUT2D eigenvalue weighted by Crippen LogP contribution is -2.13. The molecule has 0 saturated heterocycles. The summed E-state index contributed by atoms with van der Waals surface area (Å²) in [5, 5.41) is 15.6. The molecule has 2 aromatic rings. The van der Waals surface area contributed by atoms with Crippen LogP contribution in [0.4, 0.5) is 5.69 Å². The van der Waals surface area contributed by atoms with Crippen LogP contribution < -0.4 is 15.4 Å². The molecule has 0 radical (unpaired) electrons. The Morgan fingerprint density at radius 3 is 2.76 bits per heavy atom. The third kappa shape index (κ3) is 3.73. The van der Waals surface area contributed by atoms with Gasteiger partial charge in [-0.15, -0.1) is 0 Å². The molecule has 0 aromatic heterocycles. The van der Waals surface area contributed by atoms with E-state index in [2.05, 4.69) is 10.6 Å². The number of phenols is 1. The number of carbonyl (C=O) groups is 1. The van der Waals surface area contributed by atoms with Crippen molar-refractivity contribution >= 4 is 11.6 Å². The molecule has 2 aromatic carbocycles. The minimum absolute atomic E-state index is 0.0836. The van der Waals surface area contributed by atoms with Crippen LogP contribution in [0, 0.1) is 0 Å². The van der Waals surface area contributed by atoms with Crippen LogP contribution in [0.1, 0.15) is 15.9 Å². The summed E-state index contributed by atoms with van der Waals surface area (Å²) in [7, 11) is 3.37. The molecule has 0 aliphatic heterocycles. The summed E-state index contributed by atoms with van der Waals surface area (Å²) in [5.41, 5.74) is 1.91. The van der Waals surface area contributed by atoms with Gasteiger partial charge in [0.2, 0.25) is 0 Å². The van der Waals surface area contributed by atoms with Crippen molar-refractivity contribution in [3.63, 3.8) is 0 Å². The number of hydrogen-bond donors (Lipinski definition) is 3. The van der Waals surface area contributed by atoms with E-state index in [1.54, 1.807) is 12.1 Å². The van der Waals surface area contributed by atoms with Gasteiger partial charge in [0.1, 0.15) is 11.5 Å². The van der Waals surface area contributed by atoms with Crippen molar-refractivity contribution in [2.75, 3.05) is 19.5 Å². The molecular formula is C16H18N2O3. The van der Waals surface area contributed by atoms with Gasteiger partial charge in [-0.2, -0.15) is 0 Å². The molecule has 0 atom stereocenters. The van der Waals surface area contributed by atoms with Gasteiger partial charge < -0.3 is 20.5 Å². The van der Waals surface area contributed by atoms with Crippen molar-refractivity contribution in [1.82, 2.24) is 5.32 Å². The fourth-order valence-electron chi connectivity index (χ4n) is 1.99. The second-order valence-corrected chi connectivity index (χ2v) is 4.57. The van der Waals surface area contributed by atoms with Crippen LogP contribution >= 0.6 is 0 Å². The molecule has 0 heterocycles. The summed E-state index contributed by atoms with van der Waals surface area (Å²) in [6.45, 7) is 0.716. The van der Waals surface area contributed by atoms with Crippen molar-refractivity contribution in [3.05, 3.63) is 53.6 Å². The number of aromatic hydroxyl groups is 1. The number of phenolic OH excluding ortho intramolecular Hbond substituents is 1. The lowest BCUT2D eigenvalue weighted by Gasteiger charge is -2.09. The van der Waals surface area contributed by atoms with E-state index in [0.717, 1.165) is 5.56 Å². The maximum Gasteiger partial charge on any atom is 0.259 e. The van der Waals surface area contributed by atoms with Gasteiger partial charge in [-0.1, -0.05) is 12.1 Å². The Morgan fingerprint density at radius 1 is 1.24 bits per heavy atom. The number of nitrogens with one attached hydrogen (secondary N) is 2. The monoisotopic (exact) mass is 286 g/mol. The Kier molecular flexibility index (Phi) is 4.79. The van der Waals surface area contributed by atoms with Gasteiger partial charge in [0, 0.05) is 12.2 Å². The first-order valence-corrected chi connectivity index (χ1v) is 6.56. The number of amides is 1.